The Bertz CT molecular complexity index is 1100. The van der Waals surface area contributed by atoms with Crippen LogP contribution in [0.25, 0.3) is 0 Å². The minimum Gasteiger partial charge on any atom is -0.481 e. The van der Waals surface area contributed by atoms with Gasteiger partial charge in [0.15, 0.2) is 6.61 Å². The molecule has 0 spiro atoms. The molecule has 3 rings (SSSR count). The van der Waals surface area contributed by atoms with Crippen LogP contribution in [0, 0.1) is 0 Å². The first-order valence-electron chi connectivity index (χ1n) is 8.98. The average molecular weight is 566 g/mol. The van der Waals surface area contributed by atoms with E-state index < -0.39 is 0 Å². The molecule has 0 aliphatic heterocycles. The maximum atomic E-state index is 12.2. The van der Waals surface area contributed by atoms with Crippen molar-refractivity contribution in [2.45, 2.75) is 0 Å². The zero-order chi connectivity index (χ0) is 22.2. The van der Waals surface area contributed by atoms with E-state index in [0.29, 0.717) is 36.5 Å². The Balaban J connectivity index is 1.59. The highest BCUT2D eigenvalue weighted by molar-refractivity contribution is 9.11. The number of hydrazone groups is 1. The van der Waals surface area contributed by atoms with Crippen molar-refractivity contribution in [1.82, 2.24) is 5.43 Å². The van der Waals surface area contributed by atoms with Crippen LogP contribution in [0.5, 0.6) is 5.75 Å². The SMILES string of the molecule is O=C(COc1c(Br)cc(/C=N/NC(=O)c2ccccc2)cc1Br)Nc1ccccc1Cl. The molecule has 0 unspecified atom stereocenters. The van der Waals surface area contributed by atoms with Gasteiger partial charge in [-0.1, -0.05) is 41.9 Å². The average Bonchev–Trinajstić information content (AvgIpc) is 2.75. The van der Waals surface area contributed by atoms with Crippen LogP contribution in [0.3, 0.4) is 0 Å². The number of halogens is 3. The molecule has 0 bridgehead atoms. The molecule has 0 aliphatic rings. The van der Waals surface area contributed by atoms with Crippen molar-refractivity contribution in [2.24, 2.45) is 5.10 Å². The molecule has 0 radical (unpaired) electrons. The van der Waals surface area contributed by atoms with Crippen LogP contribution in [-0.4, -0.2) is 24.6 Å². The first kappa shape index (κ1) is 23.0. The third-order valence-electron chi connectivity index (χ3n) is 3.93. The molecular weight excluding hydrogens is 550 g/mol. The minimum absolute atomic E-state index is 0.205. The number of amides is 2. The van der Waals surface area contributed by atoms with Crippen LogP contribution in [0.1, 0.15) is 15.9 Å². The highest BCUT2D eigenvalue weighted by atomic mass is 79.9. The van der Waals surface area contributed by atoms with Crippen LogP contribution in [0.4, 0.5) is 5.69 Å². The summed E-state index contributed by atoms with van der Waals surface area (Å²) in [5.74, 6) is -0.194. The summed E-state index contributed by atoms with van der Waals surface area (Å²) in [7, 11) is 0. The largest absolute Gasteiger partial charge is 0.481 e. The standard InChI is InChI=1S/C22H16Br2ClN3O3/c23-16-10-14(12-26-28-22(30)15-6-2-1-3-7-15)11-17(24)21(16)31-13-20(29)27-19-9-5-4-8-18(19)25/h1-12H,13H2,(H,27,29)(H,28,30)/b26-12+. The fraction of sp³-hybridized carbons (Fsp3) is 0.0455. The zero-order valence-electron chi connectivity index (χ0n) is 15.9. The van der Waals surface area contributed by atoms with Gasteiger partial charge in [0.25, 0.3) is 11.8 Å². The molecule has 0 aliphatic carbocycles. The first-order valence-corrected chi connectivity index (χ1v) is 10.9. The number of nitrogens with zero attached hydrogens (tertiary/aromatic N) is 1. The van der Waals surface area contributed by atoms with Crippen molar-refractivity contribution in [2.75, 3.05) is 11.9 Å². The van der Waals surface area contributed by atoms with E-state index in [1.54, 1.807) is 60.7 Å². The van der Waals surface area contributed by atoms with Crippen molar-refractivity contribution >= 4 is 67.2 Å². The maximum absolute atomic E-state index is 12.2. The number of ether oxygens (including phenoxy) is 1. The fourth-order valence-electron chi connectivity index (χ4n) is 2.50. The molecule has 31 heavy (non-hydrogen) atoms. The van der Waals surface area contributed by atoms with Gasteiger partial charge in [-0.2, -0.15) is 5.10 Å². The number of hydrogen-bond donors (Lipinski definition) is 2. The monoisotopic (exact) mass is 563 g/mol. The molecule has 0 saturated heterocycles. The van der Waals surface area contributed by atoms with Crippen molar-refractivity contribution in [1.29, 1.82) is 0 Å². The van der Waals surface area contributed by atoms with Gasteiger partial charge in [-0.25, -0.2) is 5.43 Å². The molecular formula is C22H16Br2ClN3O3. The third kappa shape index (κ3) is 6.65. The normalized spacial score (nSPS) is 10.7. The number of hydrogen-bond acceptors (Lipinski definition) is 4. The fourth-order valence-corrected chi connectivity index (χ4v) is 4.13. The van der Waals surface area contributed by atoms with Gasteiger partial charge in [0.05, 0.1) is 25.9 Å². The Hall–Kier alpha value is -2.68. The Kier molecular flexibility index (Phi) is 8.22. The summed E-state index contributed by atoms with van der Waals surface area (Å²) in [5, 5.41) is 7.12. The van der Waals surface area contributed by atoms with Crippen molar-refractivity contribution in [3.05, 3.63) is 91.8 Å². The number of rotatable bonds is 7. The second-order valence-electron chi connectivity index (χ2n) is 6.20. The summed E-state index contributed by atoms with van der Waals surface area (Å²) >= 11 is 12.9. The quantitative estimate of drug-likeness (QED) is 0.287. The van der Waals surface area contributed by atoms with Gasteiger partial charge in [-0.15, -0.1) is 0 Å². The van der Waals surface area contributed by atoms with Crippen LogP contribution in [0.15, 0.2) is 80.8 Å². The van der Waals surface area contributed by atoms with E-state index in [2.05, 4.69) is 47.7 Å². The first-order chi connectivity index (χ1) is 14.9. The van der Waals surface area contributed by atoms with E-state index in [4.69, 9.17) is 16.3 Å². The van der Waals surface area contributed by atoms with E-state index in [0.717, 1.165) is 0 Å². The Labute approximate surface area is 200 Å². The molecule has 3 aromatic rings. The van der Waals surface area contributed by atoms with Crippen LogP contribution < -0.4 is 15.5 Å². The summed E-state index contributed by atoms with van der Waals surface area (Å²) in [4.78, 5) is 24.2. The Morgan fingerprint density at radius 2 is 1.65 bits per heavy atom. The minimum atomic E-state index is -0.346. The summed E-state index contributed by atoms with van der Waals surface area (Å²) in [6, 6.07) is 19.2. The van der Waals surface area contributed by atoms with E-state index in [1.165, 1.54) is 6.21 Å². The van der Waals surface area contributed by atoms with Crippen LogP contribution >= 0.6 is 43.5 Å². The van der Waals surface area contributed by atoms with Crippen LogP contribution in [0.2, 0.25) is 5.02 Å². The lowest BCUT2D eigenvalue weighted by atomic mass is 10.2. The van der Waals surface area contributed by atoms with Gasteiger partial charge in [0.1, 0.15) is 5.75 Å². The van der Waals surface area contributed by atoms with E-state index in [9.17, 15) is 9.59 Å². The smallest absolute Gasteiger partial charge is 0.271 e. The molecule has 0 atom stereocenters. The maximum Gasteiger partial charge on any atom is 0.271 e. The van der Waals surface area contributed by atoms with Crippen molar-refractivity contribution in [3.63, 3.8) is 0 Å². The van der Waals surface area contributed by atoms with Crippen LogP contribution in [-0.2, 0) is 4.79 Å². The second kappa shape index (κ2) is 11.1. The van der Waals surface area contributed by atoms with E-state index >= 15 is 0 Å². The summed E-state index contributed by atoms with van der Waals surface area (Å²) < 4.78 is 6.86. The molecule has 2 amide bonds. The van der Waals surface area contributed by atoms with E-state index in [-0.39, 0.29) is 18.4 Å². The zero-order valence-corrected chi connectivity index (χ0v) is 19.9. The molecule has 0 aromatic heterocycles. The molecule has 6 nitrogen and oxygen atoms in total. The number of carbonyl (C=O) groups is 2. The Morgan fingerprint density at radius 3 is 2.32 bits per heavy atom. The molecule has 0 heterocycles. The summed E-state index contributed by atoms with van der Waals surface area (Å²) in [5.41, 5.74) is 4.21. The molecule has 0 saturated carbocycles. The number of anilines is 1. The van der Waals surface area contributed by atoms with Gasteiger partial charge in [0, 0.05) is 5.56 Å². The van der Waals surface area contributed by atoms with Crippen molar-refractivity contribution < 1.29 is 14.3 Å². The number of carbonyl (C=O) groups excluding carboxylic acids is 2. The Morgan fingerprint density at radius 1 is 1.00 bits per heavy atom. The number of para-hydroxylation sites is 1. The molecule has 158 valence electrons. The molecule has 9 heteroatoms. The van der Waals surface area contributed by atoms with Crippen molar-refractivity contribution in [3.8, 4) is 5.75 Å². The summed E-state index contributed by atoms with van der Waals surface area (Å²) in [6.07, 6.45) is 1.50. The molecule has 3 aromatic carbocycles. The highest BCUT2D eigenvalue weighted by Crippen LogP contribution is 2.34. The molecule has 0 fully saturated rings. The van der Waals surface area contributed by atoms with E-state index in [1.807, 2.05) is 6.07 Å². The van der Waals surface area contributed by atoms with Gasteiger partial charge in [0.2, 0.25) is 0 Å². The predicted octanol–water partition coefficient (Wildman–Crippen LogP) is 5.65. The van der Waals surface area contributed by atoms with Gasteiger partial charge < -0.3 is 10.1 Å². The second-order valence-corrected chi connectivity index (χ2v) is 8.31. The van der Waals surface area contributed by atoms with Gasteiger partial charge >= 0.3 is 0 Å². The lowest BCUT2D eigenvalue weighted by Crippen LogP contribution is -2.20. The third-order valence-corrected chi connectivity index (χ3v) is 5.44. The summed E-state index contributed by atoms with van der Waals surface area (Å²) in [6.45, 7) is -0.205. The molecule has 2 N–H and O–H groups in total. The highest BCUT2D eigenvalue weighted by Gasteiger charge is 2.12. The van der Waals surface area contributed by atoms with Gasteiger partial charge in [-0.05, 0) is 73.8 Å². The van der Waals surface area contributed by atoms with Gasteiger partial charge in [-0.3, -0.25) is 9.59 Å². The number of benzene rings is 3. The number of nitrogens with one attached hydrogen (secondary N) is 2. The lowest BCUT2D eigenvalue weighted by Gasteiger charge is -2.12. The predicted molar refractivity (Wildman–Crippen MR) is 129 cm³/mol. The lowest BCUT2D eigenvalue weighted by molar-refractivity contribution is -0.118. The topological polar surface area (TPSA) is 79.8 Å².